The second kappa shape index (κ2) is 8.69. The van der Waals surface area contributed by atoms with Gasteiger partial charge in [-0.3, -0.25) is 9.59 Å². The molecule has 0 aliphatic carbocycles. The van der Waals surface area contributed by atoms with Crippen LogP contribution in [0.25, 0.3) is 10.9 Å². The lowest BCUT2D eigenvalue weighted by molar-refractivity contribution is -0.134. The molecule has 1 aromatic heterocycles. The van der Waals surface area contributed by atoms with Crippen molar-refractivity contribution < 1.29 is 14.0 Å². The number of aromatic nitrogens is 1. The highest BCUT2D eigenvalue weighted by molar-refractivity contribution is 5.98. The molecule has 1 saturated heterocycles. The summed E-state index contributed by atoms with van der Waals surface area (Å²) in [5.74, 6) is -0.492. The number of carbonyl (C=O) groups excluding carboxylic acids is 2. The minimum absolute atomic E-state index is 0.0153. The molecule has 1 atom stereocenters. The van der Waals surface area contributed by atoms with E-state index in [2.05, 4.69) is 10.3 Å². The van der Waals surface area contributed by atoms with E-state index >= 15 is 0 Å². The van der Waals surface area contributed by atoms with E-state index in [0.717, 1.165) is 30.3 Å². The third-order valence-electron chi connectivity index (χ3n) is 5.88. The number of amides is 2. The van der Waals surface area contributed by atoms with Crippen molar-refractivity contribution in [2.45, 2.75) is 38.1 Å². The third-order valence-corrected chi connectivity index (χ3v) is 5.88. The van der Waals surface area contributed by atoms with E-state index in [9.17, 15) is 14.0 Å². The fourth-order valence-electron chi connectivity index (χ4n) is 4.19. The largest absolute Gasteiger partial charge is 0.351 e. The maximum Gasteiger partial charge on any atom is 0.267 e. The number of likely N-dealkylation sites (tertiary alicyclic amines) is 1. The lowest BCUT2D eigenvalue weighted by Crippen LogP contribution is -2.47. The summed E-state index contributed by atoms with van der Waals surface area (Å²) in [7, 11) is 0. The highest BCUT2D eigenvalue weighted by Gasteiger charge is 2.29. The molecule has 2 amide bonds. The average molecular weight is 407 g/mol. The maximum atomic E-state index is 13.4. The van der Waals surface area contributed by atoms with Gasteiger partial charge in [-0.1, -0.05) is 37.3 Å². The maximum absolute atomic E-state index is 13.4. The molecule has 6 heteroatoms. The molecule has 0 radical (unpaired) electrons. The first kappa shape index (κ1) is 20.1. The number of hydrogen-bond donors (Lipinski definition) is 2. The molecule has 2 aromatic carbocycles. The standard InChI is InChI=1S/C24H26FN3O2/c1-2-20(16-6-4-3-5-7-16)24(30)28-12-10-19(11-13-28)26-23(29)22-15-17-14-18(25)8-9-21(17)27-22/h3-9,14-15,19-20,27H,2,10-13H2,1H3,(H,26,29). The number of nitrogens with one attached hydrogen (secondary N) is 2. The van der Waals surface area contributed by atoms with Crippen LogP contribution in [0.15, 0.2) is 54.6 Å². The quantitative estimate of drug-likeness (QED) is 0.665. The normalized spacial score (nSPS) is 15.9. The van der Waals surface area contributed by atoms with Gasteiger partial charge in [0, 0.05) is 30.0 Å². The van der Waals surface area contributed by atoms with Gasteiger partial charge >= 0.3 is 0 Å². The summed E-state index contributed by atoms with van der Waals surface area (Å²) in [5, 5.41) is 3.72. The summed E-state index contributed by atoms with van der Waals surface area (Å²) in [6.45, 7) is 3.30. The Hall–Kier alpha value is -3.15. The summed E-state index contributed by atoms with van der Waals surface area (Å²) in [6, 6.07) is 16.0. The van der Waals surface area contributed by atoms with Crippen molar-refractivity contribution in [3.63, 3.8) is 0 Å². The summed E-state index contributed by atoms with van der Waals surface area (Å²) in [5.41, 5.74) is 2.20. The molecule has 5 nitrogen and oxygen atoms in total. The van der Waals surface area contributed by atoms with Gasteiger partial charge in [-0.15, -0.1) is 0 Å². The van der Waals surface area contributed by atoms with Crippen LogP contribution >= 0.6 is 0 Å². The molecule has 4 rings (SSSR count). The molecular formula is C24H26FN3O2. The van der Waals surface area contributed by atoms with Crippen molar-refractivity contribution in [2.24, 2.45) is 0 Å². The molecular weight excluding hydrogens is 381 g/mol. The fourth-order valence-corrected chi connectivity index (χ4v) is 4.19. The number of piperidine rings is 1. The van der Waals surface area contributed by atoms with Crippen LogP contribution in [0, 0.1) is 5.82 Å². The van der Waals surface area contributed by atoms with Crippen LogP contribution in [-0.4, -0.2) is 40.8 Å². The van der Waals surface area contributed by atoms with Gasteiger partial charge in [0.15, 0.2) is 0 Å². The summed E-state index contributed by atoms with van der Waals surface area (Å²) < 4.78 is 13.4. The molecule has 1 aliphatic heterocycles. The number of fused-ring (bicyclic) bond motifs is 1. The topological polar surface area (TPSA) is 65.2 Å². The summed E-state index contributed by atoms with van der Waals surface area (Å²) in [6.07, 6.45) is 2.20. The van der Waals surface area contributed by atoms with Gasteiger partial charge in [-0.2, -0.15) is 0 Å². The average Bonchev–Trinajstić information content (AvgIpc) is 3.19. The van der Waals surface area contributed by atoms with Crippen LogP contribution in [0.5, 0.6) is 0 Å². The fraction of sp³-hybridized carbons (Fsp3) is 0.333. The molecule has 3 aromatic rings. The van der Waals surface area contributed by atoms with Crippen LogP contribution in [0.1, 0.15) is 48.2 Å². The Bertz CT molecular complexity index is 1040. The zero-order valence-electron chi connectivity index (χ0n) is 17.0. The molecule has 2 N–H and O–H groups in total. The first-order valence-electron chi connectivity index (χ1n) is 10.5. The van der Waals surface area contributed by atoms with Gasteiger partial charge in [0.25, 0.3) is 5.91 Å². The number of H-pyrrole nitrogens is 1. The third kappa shape index (κ3) is 4.22. The molecule has 30 heavy (non-hydrogen) atoms. The minimum Gasteiger partial charge on any atom is -0.351 e. The van der Waals surface area contributed by atoms with Crippen molar-refractivity contribution in [1.29, 1.82) is 0 Å². The Morgan fingerprint density at radius 2 is 1.87 bits per heavy atom. The Balaban J connectivity index is 1.34. The molecule has 1 fully saturated rings. The predicted octanol–water partition coefficient (Wildman–Crippen LogP) is 4.22. The van der Waals surface area contributed by atoms with Crippen molar-refractivity contribution in [2.75, 3.05) is 13.1 Å². The second-order valence-corrected chi connectivity index (χ2v) is 7.86. The number of carbonyl (C=O) groups is 2. The monoisotopic (exact) mass is 407 g/mol. The van der Waals surface area contributed by atoms with Crippen LogP contribution in [0.3, 0.4) is 0 Å². The van der Waals surface area contributed by atoms with Gasteiger partial charge in [-0.05, 0) is 49.1 Å². The van der Waals surface area contributed by atoms with Gasteiger partial charge in [0.1, 0.15) is 11.5 Å². The van der Waals surface area contributed by atoms with Crippen molar-refractivity contribution in [3.8, 4) is 0 Å². The molecule has 2 heterocycles. The SMILES string of the molecule is CCC(C(=O)N1CCC(NC(=O)c2cc3cc(F)ccc3[nH]2)CC1)c1ccccc1. The lowest BCUT2D eigenvalue weighted by atomic mass is 9.93. The van der Waals surface area contributed by atoms with E-state index in [0.29, 0.717) is 24.2 Å². The van der Waals surface area contributed by atoms with E-state index in [1.54, 1.807) is 12.1 Å². The van der Waals surface area contributed by atoms with Crippen LogP contribution in [0.4, 0.5) is 4.39 Å². The van der Waals surface area contributed by atoms with Crippen molar-refractivity contribution in [3.05, 3.63) is 71.7 Å². The highest BCUT2D eigenvalue weighted by Crippen LogP contribution is 2.24. The molecule has 156 valence electrons. The van der Waals surface area contributed by atoms with E-state index < -0.39 is 0 Å². The highest BCUT2D eigenvalue weighted by atomic mass is 19.1. The minimum atomic E-state index is -0.327. The number of aromatic amines is 1. The molecule has 0 bridgehead atoms. The zero-order valence-corrected chi connectivity index (χ0v) is 17.0. The molecule has 1 unspecified atom stereocenters. The van der Waals surface area contributed by atoms with Gasteiger partial charge in [0.2, 0.25) is 5.91 Å². The first-order valence-corrected chi connectivity index (χ1v) is 10.5. The number of hydrogen-bond acceptors (Lipinski definition) is 2. The van der Waals surface area contributed by atoms with Crippen molar-refractivity contribution in [1.82, 2.24) is 15.2 Å². The van der Waals surface area contributed by atoms with E-state index in [1.807, 2.05) is 42.2 Å². The van der Waals surface area contributed by atoms with Gasteiger partial charge in [-0.25, -0.2) is 4.39 Å². The Morgan fingerprint density at radius 1 is 1.13 bits per heavy atom. The smallest absolute Gasteiger partial charge is 0.267 e. The number of halogens is 1. The predicted molar refractivity (Wildman–Crippen MR) is 115 cm³/mol. The number of rotatable bonds is 5. The van der Waals surface area contributed by atoms with E-state index in [4.69, 9.17) is 0 Å². The summed E-state index contributed by atoms with van der Waals surface area (Å²) in [4.78, 5) is 30.6. The van der Waals surface area contributed by atoms with Crippen LogP contribution in [0.2, 0.25) is 0 Å². The summed E-state index contributed by atoms with van der Waals surface area (Å²) >= 11 is 0. The molecule has 0 saturated carbocycles. The Labute approximate surface area is 175 Å². The Kier molecular flexibility index (Phi) is 5.84. The van der Waals surface area contributed by atoms with Gasteiger partial charge < -0.3 is 15.2 Å². The second-order valence-electron chi connectivity index (χ2n) is 7.86. The zero-order chi connectivity index (χ0) is 21.1. The van der Waals surface area contributed by atoms with Crippen LogP contribution < -0.4 is 5.32 Å². The van der Waals surface area contributed by atoms with E-state index in [1.165, 1.54) is 12.1 Å². The first-order chi connectivity index (χ1) is 14.5. The van der Waals surface area contributed by atoms with Crippen molar-refractivity contribution >= 4 is 22.7 Å². The molecule has 0 spiro atoms. The Morgan fingerprint density at radius 3 is 2.57 bits per heavy atom. The number of nitrogens with zero attached hydrogens (tertiary/aromatic N) is 1. The lowest BCUT2D eigenvalue weighted by Gasteiger charge is -2.34. The van der Waals surface area contributed by atoms with Crippen LogP contribution in [-0.2, 0) is 4.79 Å². The number of benzene rings is 2. The molecule has 1 aliphatic rings. The van der Waals surface area contributed by atoms with Gasteiger partial charge in [0.05, 0.1) is 5.92 Å². The van der Waals surface area contributed by atoms with E-state index in [-0.39, 0.29) is 29.6 Å².